The highest BCUT2D eigenvalue weighted by atomic mass is 19.4. The molecule has 152 valence electrons. The number of hydrogen-bond donors (Lipinski definition) is 2. The van der Waals surface area contributed by atoms with Crippen LogP contribution < -0.4 is 10.1 Å². The van der Waals surface area contributed by atoms with Gasteiger partial charge in [0.15, 0.2) is 17.4 Å². The molecule has 0 unspecified atom stereocenters. The van der Waals surface area contributed by atoms with Gasteiger partial charge in [0.2, 0.25) is 0 Å². The molecule has 3 rings (SSSR count). The van der Waals surface area contributed by atoms with Crippen LogP contribution in [-0.4, -0.2) is 27.2 Å². The first-order chi connectivity index (χ1) is 13.6. The summed E-state index contributed by atoms with van der Waals surface area (Å²) < 4.78 is 69.0. The van der Waals surface area contributed by atoms with Gasteiger partial charge in [-0.25, -0.2) is 13.8 Å². The summed E-state index contributed by atoms with van der Waals surface area (Å²) in [5.41, 5.74) is 0.217. The maximum atomic E-state index is 14.3. The van der Waals surface area contributed by atoms with Crippen molar-refractivity contribution >= 4 is 5.91 Å². The van der Waals surface area contributed by atoms with Crippen LogP contribution in [0.1, 0.15) is 33.6 Å². The number of amides is 1. The molecular formula is C18H13F5N4O2. The molecule has 1 atom stereocenters. The molecule has 2 aromatic heterocycles. The number of nitrogens with zero attached hydrogens (tertiary/aromatic N) is 2. The molecule has 1 amide bonds. The van der Waals surface area contributed by atoms with Gasteiger partial charge in [0.25, 0.3) is 5.91 Å². The van der Waals surface area contributed by atoms with Crippen LogP contribution in [0.25, 0.3) is 0 Å². The highest BCUT2D eigenvalue weighted by Gasteiger charge is 2.33. The number of H-pyrrole nitrogens is 1. The average Bonchev–Trinajstić information content (AvgIpc) is 3.07. The van der Waals surface area contributed by atoms with Gasteiger partial charge in [-0.15, -0.1) is 13.2 Å². The molecule has 2 heterocycles. The van der Waals surface area contributed by atoms with Gasteiger partial charge < -0.3 is 15.0 Å². The molecule has 29 heavy (non-hydrogen) atoms. The smallest absolute Gasteiger partial charge is 0.403 e. The minimum Gasteiger partial charge on any atom is -0.403 e. The standard InChI is InChI=1S/C18H13F5N4O2/c1-9-8-25-16(26-9)17(28)27-14(15-11(19)3-2-6-24-15)10-4-5-13(12(20)7-10)29-18(21,22)23/h2-8,14H,1H3,(H,25,26)(H,27,28)/t14-/m0/s1. The second-order valence-electron chi connectivity index (χ2n) is 5.91. The molecule has 0 aliphatic rings. The Morgan fingerprint density at radius 3 is 2.55 bits per heavy atom. The summed E-state index contributed by atoms with van der Waals surface area (Å²) in [6.45, 7) is 1.64. The van der Waals surface area contributed by atoms with Gasteiger partial charge in [0.05, 0.1) is 11.7 Å². The summed E-state index contributed by atoms with van der Waals surface area (Å²) in [6.07, 6.45) is -2.36. The van der Waals surface area contributed by atoms with Crippen LogP contribution in [0.2, 0.25) is 0 Å². The summed E-state index contributed by atoms with van der Waals surface area (Å²) >= 11 is 0. The molecular weight excluding hydrogens is 399 g/mol. The van der Waals surface area contributed by atoms with Crippen LogP contribution in [0.5, 0.6) is 5.75 Å². The Labute approximate surface area is 160 Å². The van der Waals surface area contributed by atoms with Gasteiger partial charge >= 0.3 is 6.36 Å². The Balaban J connectivity index is 1.98. The number of rotatable bonds is 5. The van der Waals surface area contributed by atoms with Gasteiger partial charge in [-0.3, -0.25) is 9.78 Å². The molecule has 11 heteroatoms. The molecule has 0 bridgehead atoms. The zero-order valence-electron chi connectivity index (χ0n) is 14.7. The normalized spacial score (nSPS) is 12.5. The first-order valence-corrected chi connectivity index (χ1v) is 8.12. The van der Waals surface area contributed by atoms with Crippen molar-refractivity contribution in [2.24, 2.45) is 0 Å². The monoisotopic (exact) mass is 412 g/mol. The number of carbonyl (C=O) groups excluding carboxylic acids is 1. The number of pyridine rings is 1. The van der Waals surface area contributed by atoms with Gasteiger partial charge in [-0.05, 0) is 36.8 Å². The number of halogens is 5. The fourth-order valence-electron chi connectivity index (χ4n) is 2.55. The highest BCUT2D eigenvalue weighted by Crippen LogP contribution is 2.30. The van der Waals surface area contributed by atoms with E-state index in [0.29, 0.717) is 11.8 Å². The molecule has 0 aliphatic heterocycles. The van der Waals surface area contributed by atoms with Crippen molar-refractivity contribution in [1.82, 2.24) is 20.3 Å². The highest BCUT2D eigenvalue weighted by molar-refractivity contribution is 5.91. The third-order valence-electron chi connectivity index (χ3n) is 3.77. The fraction of sp³-hybridized carbons (Fsp3) is 0.167. The average molecular weight is 412 g/mol. The minimum atomic E-state index is -5.08. The second kappa shape index (κ2) is 7.86. The lowest BCUT2D eigenvalue weighted by Crippen LogP contribution is -2.31. The molecule has 0 spiro atoms. The molecule has 6 nitrogen and oxygen atoms in total. The first-order valence-electron chi connectivity index (χ1n) is 8.12. The number of imidazole rings is 1. The lowest BCUT2D eigenvalue weighted by molar-refractivity contribution is -0.275. The zero-order chi connectivity index (χ0) is 21.2. The number of carbonyl (C=O) groups is 1. The van der Waals surface area contributed by atoms with E-state index in [-0.39, 0.29) is 17.1 Å². The van der Waals surface area contributed by atoms with Gasteiger partial charge in [-0.1, -0.05) is 6.07 Å². The third-order valence-corrected chi connectivity index (χ3v) is 3.77. The van der Waals surface area contributed by atoms with E-state index < -0.39 is 35.7 Å². The molecule has 3 aromatic rings. The van der Waals surface area contributed by atoms with E-state index in [1.54, 1.807) is 6.92 Å². The Hall–Kier alpha value is -3.50. The maximum Gasteiger partial charge on any atom is 0.573 e. The number of aromatic nitrogens is 3. The van der Waals surface area contributed by atoms with Crippen molar-refractivity contribution in [2.75, 3.05) is 0 Å². The van der Waals surface area contributed by atoms with E-state index in [1.807, 2.05) is 0 Å². The van der Waals surface area contributed by atoms with E-state index in [2.05, 4.69) is 25.0 Å². The summed E-state index contributed by atoms with van der Waals surface area (Å²) in [5, 5.41) is 2.45. The number of alkyl halides is 3. The van der Waals surface area contributed by atoms with Crippen molar-refractivity contribution < 1.29 is 31.5 Å². The van der Waals surface area contributed by atoms with E-state index in [1.165, 1.54) is 18.5 Å². The number of aryl methyl sites for hydroxylation is 1. The van der Waals surface area contributed by atoms with Crippen LogP contribution in [0.4, 0.5) is 22.0 Å². The third kappa shape index (κ3) is 4.86. The van der Waals surface area contributed by atoms with Gasteiger partial charge in [0.1, 0.15) is 11.5 Å². The Morgan fingerprint density at radius 2 is 1.97 bits per heavy atom. The number of ether oxygens (including phenoxy) is 1. The van der Waals surface area contributed by atoms with E-state index in [9.17, 15) is 26.7 Å². The Bertz CT molecular complexity index is 1040. The number of nitrogens with one attached hydrogen (secondary N) is 2. The number of aromatic amines is 1. The fourth-order valence-corrected chi connectivity index (χ4v) is 2.55. The van der Waals surface area contributed by atoms with E-state index in [0.717, 1.165) is 18.2 Å². The predicted molar refractivity (Wildman–Crippen MR) is 89.9 cm³/mol. The quantitative estimate of drug-likeness (QED) is 0.625. The SMILES string of the molecule is Cc1c[nH]c(C(=O)N[C@@H](c2ccc(OC(F)(F)F)c(F)c2)c2ncccc2F)n1. The van der Waals surface area contributed by atoms with Crippen molar-refractivity contribution in [1.29, 1.82) is 0 Å². The van der Waals surface area contributed by atoms with E-state index in [4.69, 9.17) is 0 Å². The second-order valence-corrected chi connectivity index (χ2v) is 5.91. The summed E-state index contributed by atoms with van der Waals surface area (Å²) in [6, 6.07) is 3.59. The maximum absolute atomic E-state index is 14.3. The number of hydrogen-bond acceptors (Lipinski definition) is 4. The van der Waals surface area contributed by atoms with Crippen LogP contribution in [0.15, 0.2) is 42.7 Å². The van der Waals surface area contributed by atoms with Crippen molar-refractivity contribution in [3.05, 3.63) is 77.1 Å². The van der Waals surface area contributed by atoms with E-state index >= 15 is 0 Å². The van der Waals surface area contributed by atoms with Crippen molar-refractivity contribution in [3.63, 3.8) is 0 Å². The molecule has 2 N–H and O–H groups in total. The van der Waals surface area contributed by atoms with Crippen LogP contribution in [0.3, 0.4) is 0 Å². The van der Waals surface area contributed by atoms with Gasteiger partial charge in [0, 0.05) is 12.4 Å². The summed E-state index contributed by atoms with van der Waals surface area (Å²) in [4.78, 5) is 22.9. The Kier molecular flexibility index (Phi) is 5.48. The topological polar surface area (TPSA) is 79.9 Å². The number of benzene rings is 1. The molecule has 1 aromatic carbocycles. The van der Waals surface area contributed by atoms with Crippen molar-refractivity contribution in [2.45, 2.75) is 19.3 Å². The van der Waals surface area contributed by atoms with Gasteiger partial charge in [-0.2, -0.15) is 0 Å². The molecule has 0 saturated carbocycles. The van der Waals surface area contributed by atoms with Crippen LogP contribution in [-0.2, 0) is 0 Å². The van der Waals surface area contributed by atoms with Crippen LogP contribution >= 0.6 is 0 Å². The molecule has 0 saturated heterocycles. The molecule has 0 radical (unpaired) electrons. The molecule has 0 aliphatic carbocycles. The largest absolute Gasteiger partial charge is 0.573 e. The van der Waals surface area contributed by atoms with Crippen LogP contribution in [0, 0.1) is 18.6 Å². The molecule has 0 fully saturated rings. The lowest BCUT2D eigenvalue weighted by Gasteiger charge is -2.19. The zero-order valence-corrected chi connectivity index (χ0v) is 14.7. The van der Waals surface area contributed by atoms with Crippen molar-refractivity contribution in [3.8, 4) is 5.75 Å². The first kappa shape index (κ1) is 20.2. The lowest BCUT2D eigenvalue weighted by atomic mass is 10.0. The Morgan fingerprint density at radius 1 is 1.21 bits per heavy atom. The predicted octanol–water partition coefficient (Wildman–Crippen LogP) is 3.81. The summed E-state index contributed by atoms with van der Waals surface area (Å²) in [5.74, 6) is -4.03. The minimum absolute atomic E-state index is 0.0498. The summed E-state index contributed by atoms with van der Waals surface area (Å²) in [7, 11) is 0.